The molecule has 1 aliphatic rings. The van der Waals surface area contributed by atoms with Crippen molar-refractivity contribution < 1.29 is 9.72 Å². The number of carbonyl (C=O) groups excluding carboxylic acids is 1. The quantitative estimate of drug-likeness (QED) is 0.503. The third-order valence-corrected chi connectivity index (χ3v) is 3.14. The minimum Gasteiger partial charge on any atom is -0.332 e. The average molecular weight is 279 g/mol. The zero-order chi connectivity index (χ0) is 14.0. The third kappa shape index (κ3) is 3.25. The molecule has 0 aromatic heterocycles. The van der Waals surface area contributed by atoms with Crippen LogP contribution in [0.25, 0.3) is 0 Å². The molecule has 6 nitrogen and oxygen atoms in total. The van der Waals surface area contributed by atoms with E-state index in [1.807, 2.05) is 0 Å². The highest BCUT2D eigenvalue weighted by Gasteiger charge is 2.30. The zero-order valence-corrected chi connectivity index (χ0v) is 11.1. The van der Waals surface area contributed by atoms with Crippen molar-refractivity contribution in [2.45, 2.75) is 19.8 Å². The SMILES string of the molecule is Cc1c(NC(=S)NC(=O)C2CC2)cccc1[N+](=O)[O-]. The number of nitro groups is 1. The number of nitrogens with one attached hydrogen (secondary N) is 2. The van der Waals surface area contributed by atoms with Crippen LogP contribution in [0, 0.1) is 23.0 Å². The van der Waals surface area contributed by atoms with Crippen LogP contribution in [-0.2, 0) is 4.79 Å². The summed E-state index contributed by atoms with van der Waals surface area (Å²) in [7, 11) is 0. The van der Waals surface area contributed by atoms with Crippen molar-refractivity contribution in [2.75, 3.05) is 5.32 Å². The molecule has 1 aromatic carbocycles. The highest BCUT2D eigenvalue weighted by molar-refractivity contribution is 7.80. The maximum atomic E-state index is 11.5. The molecule has 0 atom stereocenters. The Bertz CT molecular complexity index is 555. The molecule has 1 fully saturated rings. The average Bonchev–Trinajstić information content (AvgIpc) is 3.15. The highest BCUT2D eigenvalue weighted by Crippen LogP contribution is 2.29. The Morgan fingerprint density at radius 1 is 1.47 bits per heavy atom. The Labute approximate surface area is 115 Å². The minimum atomic E-state index is -0.452. The van der Waals surface area contributed by atoms with Crippen molar-refractivity contribution in [3.8, 4) is 0 Å². The molecular weight excluding hydrogens is 266 g/mol. The predicted octanol–water partition coefficient (Wildman–Crippen LogP) is 2.13. The topological polar surface area (TPSA) is 84.3 Å². The maximum absolute atomic E-state index is 11.5. The van der Waals surface area contributed by atoms with Crippen LogP contribution in [0.15, 0.2) is 18.2 Å². The summed E-state index contributed by atoms with van der Waals surface area (Å²) in [5.41, 5.74) is 1.02. The summed E-state index contributed by atoms with van der Waals surface area (Å²) in [5.74, 6) is -0.0356. The van der Waals surface area contributed by atoms with Gasteiger partial charge in [0.15, 0.2) is 5.11 Å². The lowest BCUT2D eigenvalue weighted by atomic mass is 10.1. The van der Waals surface area contributed by atoms with Crippen LogP contribution >= 0.6 is 12.2 Å². The lowest BCUT2D eigenvalue weighted by molar-refractivity contribution is -0.385. The lowest BCUT2D eigenvalue weighted by Gasteiger charge is -2.11. The van der Waals surface area contributed by atoms with E-state index in [1.54, 1.807) is 19.1 Å². The van der Waals surface area contributed by atoms with Gasteiger partial charge in [0.05, 0.1) is 16.2 Å². The molecule has 2 rings (SSSR count). The van der Waals surface area contributed by atoms with Crippen molar-refractivity contribution in [1.29, 1.82) is 0 Å². The monoisotopic (exact) mass is 279 g/mol. The first-order chi connectivity index (χ1) is 8.99. The Balaban J connectivity index is 2.06. The summed E-state index contributed by atoms with van der Waals surface area (Å²) in [6.07, 6.45) is 1.79. The molecule has 0 bridgehead atoms. The summed E-state index contributed by atoms with van der Waals surface area (Å²) in [6.45, 7) is 1.63. The number of carbonyl (C=O) groups is 1. The van der Waals surface area contributed by atoms with E-state index in [9.17, 15) is 14.9 Å². The first-order valence-electron chi connectivity index (χ1n) is 5.85. The van der Waals surface area contributed by atoms with Gasteiger partial charge in [0, 0.05) is 12.0 Å². The second-order valence-corrected chi connectivity index (χ2v) is 4.83. The number of hydrogen-bond donors (Lipinski definition) is 2. The molecule has 0 radical (unpaired) electrons. The van der Waals surface area contributed by atoms with Gasteiger partial charge in [0.25, 0.3) is 5.69 Å². The van der Waals surface area contributed by atoms with E-state index in [-0.39, 0.29) is 22.6 Å². The molecule has 100 valence electrons. The van der Waals surface area contributed by atoms with Gasteiger partial charge in [-0.25, -0.2) is 0 Å². The number of nitrogens with zero attached hydrogens (tertiary/aromatic N) is 1. The van der Waals surface area contributed by atoms with Crippen molar-refractivity contribution in [2.24, 2.45) is 5.92 Å². The van der Waals surface area contributed by atoms with Gasteiger partial charge >= 0.3 is 0 Å². The Hall–Kier alpha value is -2.02. The van der Waals surface area contributed by atoms with Gasteiger partial charge < -0.3 is 10.6 Å². The van der Waals surface area contributed by atoms with Crippen LogP contribution in [0.1, 0.15) is 18.4 Å². The summed E-state index contributed by atoms with van der Waals surface area (Å²) >= 11 is 5.01. The van der Waals surface area contributed by atoms with E-state index in [2.05, 4.69) is 10.6 Å². The molecule has 7 heteroatoms. The van der Waals surface area contributed by atoms with Crippen LogP contribution in [0.2, 0.25) is 0 Å². The van der Waals surface area contributed by atoms with Crippen LogP contribution in [0.4, 0.5) is 11.4 Å². The summed E-state index contributed by atoms with van der Waals surface area (Å²) in [6, 6.07) is 4.67. The van der Waals surface area contributed by atoms with Crippen LogP contribution < -0.4 is 10.6 Å². The van der Waals surface area contributed by atoms with Gasteiger partial charge in [-0.2, -0.15) is 0 Å². The molecule has 1 saturated carbocycles. The molecule has 19 heavy (non-hydrogen) atoms. The highest BCUT2D eigenvalue weighted by atomic mass is 32.1. The number of hydrogen-bond acceptors (Lipinski definition) is 4. The van der Waals surface area contributed by atoms with Gasteiger partial charge in [-0.3, -0.25) is 14.9 Å². The van der Waals surface area contributed by atoms with Crippen molar-refractivity contribution in [3.63, 3.8) is 0 Å². The normalized spacial score (nSPS) is 13.7. The molecule has 1 aliphatic carbocycles. The number of thiocarbonyl (C=S) groups is 1. The molecular formula is C12H13N3O3S. The van der Waals surface area contributed by atoms with E-state index in [1.165, 1.54) is 6.07 Å². The predicted molar refractivity (Wildman–Crippen MR) is 74.9 cm³/mol. The number of anilines is 1. The van der Waals surface area contributed by atoms with E-state index in [0.717, 1.165) is 12.8 Å². The molecule has 0 unspecified atom stereocenters. The second kappa shape index (κ2) is 5.31. The molecule has 1 aromatic rings. The Morgan fingerprint density at radius 2 is 2.16 bits per heavy atom. The van der Waals surface area contributed by atoms with Crippen LogP contribution in [0.5, 0.6) is 0 Å². The van der Waals surface area contributed by atoms with E-state index in [4.69, 9.17) is 12.2 Å². The van der Waals surface area contributed by atoms with Crippen molar-refractivity contribution in [3.05, 3.63) is 33.9 Å². The van der Waals surface area contributed by atoms with Gasteiger partial charge in [-0.15, -0.1) is 0 Å². The molecule has 0 heterocycles. The van der Waals surface area contributed by atoms with Crippen LogP contribution in [-0.4, -0.2) is 15.9 Å². The molecule has 0 aliphatic heterocycles. The second-order valence-electron chi connectivity index (χ2n) is 4.42. The fourth-order valence-corrected chi connectivity index (χ4v) is 1.88. The van der Waals surface area contributed by atoms with Crippen LogP contribution in [0.3, 0.4) is 0 Å². The summed E-state index contributed by atoms with van der Waals surface area (Å²) < 4.78 is 0. The van der Waals surface area contributed by atoms with E-state index in [0.29, 0.717) is 11.3 Å². The first-order valence-corrected chi connectivity index (χ1v) is 6.25. The molecule has 0 spiro atoms. The van der Waals surface area contributed by atoms with Gasteiger partial charge in [-0.05, 0) is 38.0 Å². The fraction of sp³-hybridized carbons (Fsp3) is 0.333. The fourth-order valence-electron chi connectivity index (χ4n) is 1.67. The standard InChI is InChI=1S/C12H13N3O3S/c1-7-9(3-2-4-10(7)15(17)18)13-12(19)14-11(16)8-5-6-8/h2-4,8H,5-6H2,1H3,(H2,13,14,16,19). The lowest BCUT2D eigenvalue weighted by Crippen LogP contribution is -2.35. The number of nitro benzene ring substituents is 1. The van der Waals surface area contributed by atoms with Gasteiger partial charge in [0.1, 0.15) is 0 Å². The van der Waals surface area contributed by atoms with Gasteiger partial charge in [0.2, 0.25) is 5.91 Å². The zero-order valence-electron chi connectivity index (χ0n) is 10.3. The van der Waals surface area contributed by atoms with Crippen molar-refractivity contribution in [1.82, 2.24) is 5.32 Å². The van der Waals surface area contributed by atoms with E-state index >= 15 is 0 Å². The van der Waals surface area contributed by atoms with Crippen molar-refractivity contribution >= 4 is 34.6 Å². The summed E-state index contributed by atoms with van der Waals surface area (Å²) in [4.78, 5) is 21.9. The number of benzene rings is 1. The molecule has 0 saturated heterocycles. The number of rotatable bonds is 3. The molecule has 2 N–H and O–H groups in total. The minimum absolute atomic E-state index is 0.0151. The van der Waals surface area contributed by atoms with E-state index < -0.39 is 4.92 Å². The Morgan fingerprint density at radius 3 is 2.74 bits per heavy atom. The number of amides is 1. The Kier molecular flexibility index (Phi) is 3.75. The summed E-state index contributed by atoms with van der Waals surface area (Å²) in [5, 5.41) is 16.4. The smallest absolute Gasteiger partial charge is 0.274 e. The first kappa shape index (κ1) is 13.4. The molecule has 1 amide bonds. The largest absolute Gasteiger partial charge is 0.332 e. The van der Waals surface area contributed by atoms with Gasteiger partial charge in [-0.1, -0.05) is 6.07 Å². The maximum Gasteiger partial charge on any atom is 0.274 e. The third-order valence-electron chi connectivity index (χ3n) is 2.93.